The highest BCUT2D eigenvalue weighted by Crippen LogP contribution is 2.50. The van der Waals surface area contributed by atoms with E-state index in [1.165, 1.54) is 31.2 Å². The molecule has 2 atom stereocenters. The van der Waals surface area contributed by atoms with Crippen molar-refractivity contribution in [3.8, 4) is 0 Å². The first-order valence-electron chi connectivity index (χ1n) is 6.60. The molecule has 2 unspecified atom stereocenters. The predicted molar refractivity (Wildman–Crippen MR) is 67.7 cm³/mol. The third-order valence-corrected chi connectivity index (χ3v) is 4.38. The van der Waals surface area contributed by atoms with Crippen molar-refractivity contribution in [1.29, 1.82) is 0 Å². The van der Waals surface area contributed by atoms with E-state index in [-0.39, 0.29) is 0 Å². The van der Waals surface area contributed by atoms with E-state index in [0.717, 1.165) is 18.4 Å². The summed E-state index contributed by atoms with van der Waals surface area (Å²) in [4.78, 5) is 0. The molecule has 0 saturated heterocycles. The summed E-state index contributed by atoms with van der Waals surface area (Å²) in [6, 6.07) is 6.99. The molecule has 86 valence electrons. The van der Waals surface area contributed by atoms with Crippen LogP contribution in [0.15, 0.2) is 18.2 Å². The first-order chi connectivity index (χ1) is 7.79. The smallest absolute Gasteiger partial charge is 0.000813 e. The minimum absolute atomic E-state index is 0.616. The Morgan fingerprint density at radius 3 is 2.62 bits per heavy atom. The Kier molecular flexibility index (Phi) is 2.51. The van der Waals surface area contributed by atoms with Gasteiger partial charge in [0.25, 0.3) is 0 Å². The van der Waals surface area contributed by atoms with Gasteiger partial charge in [-0.1, -0.05) is 23.8 Å². The SMILES string of the molecule is Cc1ccc2c(c1)C(C1CC1)CCC2CN. The maximum absolute atomic E-state index is 5.89. The average molecular weight is 215 g/mol. The highest BCUT2D eigenvalue weighted by Gasteiger charge is 2.36. The molecule has 2 N–H and O–H groups in total. The lowest BCUT2D eigenvalue weighted by Gasteiger charge is -2.31. The second kappa shape index (κ2) is 3.89. The van der Waals surface area contributed by atoms with Gasteiger partial charge in [-0.15, -0.1) is 0 Å². The van der Waals surface area contributed by atoms with E-state index in [1.54, 1.807) is 11.1 Å². The molecule has 0 aromatic heterocycles. The number of hydrogen-bond donors (Lipinski definition) is 1. The Morgan fingerprint density at radius 2 is 1.94 bits per heavy atom. The average Bonchev–Trinajstić information content (AvgIpc) is 3.11. The van der Waals surface area contributed by atoms with E-state index in [4.69, 9.17) is 5.73 Å². The molecule has 3 rings (SSSR count). The molecular formula is C15H21N. The molecule has 16 heavy (non-hydrogen) atoms. The third kappa shape index (κ3) is 1.67. The molecule has 0 bridgehead atoms. The molecule has 1 aromatic rings. The van der Waals surface area contributed by atoms with Crippen LogP contribution in [0.25, 0.3) is 0 Å². The lowest BCUT2D eigenvalue weighted by atomic mass is 9.74. The molecule has 0 radical (unpaired) electrons. The molecule has 1 nitrogen and oxygen atoms in total. The fourth-order valence-corrected chi connectivity index (χ4v) is 3.31. The van der Waals surface area contributed by atoms with Crippen LogP contribution in [-0.2, 0) is 0 Å². The van der Waals surface area contributed by atoms with E-state index in [2.05, 4.69) is 25.1 Å². The van der Waals surface area contributed by atoms with Crippen LogP contribution < -0.4 is 5.73 Å². The van der Waals surface area contributed by atoms with Crippen molar-refractivity contribution in [3.63, 3.8) is 0 Å². The Bertz CT molecular complexity index is 392. The van der Waals surface area contributed by atoms with E-state index in [1.807, 2.05) is 0 Å². The molecule has 0 heterocycles. The summed E-state index contributed by atoms with van der Waals surface area (Å²) in [6.07, 6.45) is 5.56. The fraction of sp³-hybridized carbons (Fsp3) is 0.600. The first kappa shape index (κ1) is 10.3. The van der Waals surface area contributed by atoms with Gasteiger partial charge in [0.05, 0.1) is 0 Å². The standard InChI is InChI=1S/C15H21N/c1-10-2-6-14-12(9-16)5-7-13(11-3-4-11)15(14)8-10/h2,6,8,11-13H,3-5,7,9,16H2,1H3. The van der Waals surface area contributed by atoms with E-state index in [9.17, 15) is 0 Å². The van der Waals surface area contributed by atoms with Crippen molar-refractivity contribution in [3.05, 3.63) is 34.9 Å². The quantitative estimate of drug-likeness (QED) is 0.804. The molecule has 1 aromatic carbocycles. The van der Waals surface area contributed by atoms with Gasteiger partial charge in [0.15, 0.2) is 0 Å². The zero-order chi connectivity index (χ0) is 11.1. The molecule has 1 fully saturated rings. The van der Waals surface area contributed by atoms with E-state index >= 15 is 0 Å². The highest BCUT2D eigenvalue weighted by molar-refractivity contribution is 5.39. The minimum Gasteiger partial charge on any atom is -0.330 e. The van der Waals surface area contributed by atoms with Crippen LogP contribution in [0.1, 0.15) is 54.2 Å². The second-order valence-corrected chi connectivity index (χ2v) is 5.59. The maximum Gasteiger partial charge on any atom is -0.000813 e. The number of fused-ring (bicyclic) bond motifs is 1. The van der Waals surface area contributed by atoms with Crippen LogP contribution in [0, 0.1) is 12.8 Å². The summed E-state index contributed by atoms with van der Waals surface area (Å²) < 4.78 is 0. The van der Waals surface area contributed by atoms with Gasteiger partial charge < -0.3 is 5.73 Å². The van der Waals surface area contributed by atoms with Gasteiger partial charge in [-0.25, -0.2) is 0 Å². The van der Waals surface area contributed by atoms with Crippen molar-refractivity contribution in [2.45, 2.75) is 44.4 Å². The van der Waals surface area contributed by atoms with Gasteiger partial charge in [0.1, 0.15) is 0 Å². The summed E-state index contributed by atoms with van der Waals surface area (Å²) in [5, 5.41) is 0. The summed E-state index contributed by atoms with van der Waals surface area (Å²) in [6.45, 7) is 3.02. The van der Waals surface area contributed by atoms with E-state index < -0.39 is 0 Å². The Balaban J connectivity index is 2.02. The van der Waals surface area contributed by atoms with Crippen molar-refractivity contribution in [2.24, 2.45) is 11.7 Å². The molecule has 0 spiro atoms. The number of benzene rings is 1. The van der Waals surface area contributed by atoms with Gasteiger partial charge in [-0.3, -0.25) is 0 Å². The largest absolute Gasteiger partial charge is 0.330 e. The van der Waals surface area contributed by atoms with Crippen LogP contribution in [0.5, 0.6) is 0 Å². The van der Waals surface area contributed by atoms with E-state index in [0.29, 0.717) is 5.92 Å². The molecular weight excluding hydrogens is 194 g/mol. The molecule has 1 heteroatoms. The van der Waals surface area contributed by atoms with Crippen molar-refractivity contribution < 1.29 is 0 Å². The van der Waals surface area contributed by atoms with Gasteiger partial charge in [0.2, 0.25) is 0 Å². The highest BCUT2D eigenvalue weighted by atomic mass is 14.6. The fourth-order valence-electron chi connectivity index (χ4n) is 3.31. The summed E-state index contributed by atoms with van der Waals surface area (Å²) in [5.41, 5.74) is 10.5. The van der Waals surface area contributed by atoms with Crippen molar-refractivity contribution in [2.75, 3.05) is 6.54 Å². The van der Waals surface area contributed by atoms with Crippen LogP contribution in [0.4, 0.5) is 0 Å². The minimum atomic E-state index is 0.616. The predicted octanol–water partition coefficient (Wildman–Crippen LogP) is 3.32. The molecule has 0 aliphatic heterocycles. The Hall–Kier alpha value is -0.820. The zero-order valence-electron chi connectivity index (χ0n) is 10.1. The first-order valence-corrected chi connectivity index (χ1v) is 6.60. The van der Waals surface area contributed by atoms with Crippen LogP contribution in [0.2, 0.25) is 0 Å². The van der Waals surface area contributed by atoms with Gasteiger partial charge in [-0.05, 0) is 68.0 Å². The lowest BCUT2D eigenvalue weighted by Crippen LogP contribution is -2.21. The van der Waals surface area contributed by atoms with Crippen LogP contribution >= 0.6 is 0 Å². The van der Waals surface area contributed by atoms with Gasteiger partial charge >= 0.3 is 0 Å². The Morgan fingerprint density at radius 1 is 1.12 bits per heavy atom. The van der Waals surface area contributed by atoms with Crippen LogP contribution in [-0.4, -0.2) is 6.54 Å². The number of hydrogen-bond acceptors (Lipinski definition) is 1. The number of nitrogens with two attached hydrogens (primary N) is 1. The second-order valence-electron chi connectivity index (χ2n) is 5.59. The van der Waals surface area contributed by atoms with Crippen molar-refractivity contribution in [1.82, 2.24) is 0 Å². The zero-order valence-corrected chi connectivity index (χ0v) is 10.1. The lowest BCUT2D eigenvalue weighted by molar-refractivity contribution is 0.453. The molecule has 1 saturated carbocycles. The number of aryl methyl sites for hydroxylation is 1. The normalized spacial score (nSPS) is 28.9. The number of rotatable bonds is 2. The summed E-state index contributed by atoms with van der Waals surface area (Å²) >= 11 is 0. The molecule has 0 amide bonds. The molecule has 2 aliphatic rings. The maximum atomic E-state index is 5.89. The topological polar surface area (TPSA) is 26.0 Å². The van der Waals surface area contributed by atoms with Gasteiger partial charge in [0, 0.05) is 0 Å². The van der Waals surface area contributed by atoms with Gasteiger partial charge in [-0.2, -0.15) is 0 Å². The summed E-state index contributed by atoms with van der Waals surface area (Å²) in [7, 11) is 0. The van der Waals surface area contributed by atoms with Crippen molar-refractivity contribution >= 4 is 0 Å². The monoisotopic (exact) mass is 215 g/mol. The molecule has 2 aliphatic carbocycles. The summed E-state index contributed by atoms with van der Waals surface area (Å²) in [5.74, 6) is 2.45. The Labute approximate surface area is 98.0 Å². The van der Waals surface area contributed by atoms with Crippen LogP contribution in [0.3, 0.4) is 0 Å². The third-order valence-electron chi connectivity index (χ3n) is 4.38.